The van der Waals surface area contributed by atoms with E-state index in [1.54, 1.807) is 7.11 Å². The van der Waals surface area contributed by atoms with Gasteiger partial charge in [0.1, 0.15) is 5.75 Å². The molecule has 0 aliphatic rings. The van der Waals surface area contributed by atoms with Crippen LogP contribution >= 0.6 is 35.7 Å². The number of thioether (sulfide) groups is 1. The quantitative estimate of drug-likeness (QED) is 0.286. The maximum Gasteiger partial charge on any atom is 0.191 e. The first-order chi connectivity index (χ1) is 11.3. The lowest BCUT2D eigenvalue weighted by Gasteiger charge is -2.11. The number of nitrogens with zero attached hydrogens (tertiary/aromatic N) is 1. The molecule has 2 N–H and O–H groups in total. The number of methoxy groups -OCH3 is 1. The predicted octanol–water partition coefficient (Wildman–Crippen LogP) is 3.88. The van der Waals surface area contributed by atoms with Gasteiger partial charge in [-0.3, -0.25) is 0 Å². The second-order valence-electron chi connectivity index (χ2n) is 5.16. The molecule has 0 bridgehead atoms. The first-order valence-corrected chi connectivity index (χ1v) is 9.24. The summed E-state index contributed by atoms with van der Waals surface area (Å²) in [6, 6.07) is 12.6. The Labute approximate surface area is 165 Å². The molecule has 2 rings (SSSR count). The Balaban J connectivity index is 0.00000288. The fraction of sp³-hybridized carbons (Fsp3) is 0.389. The van der Waals surface area contributed by atoms with Gasteiger partial charge in [-0.15, -0.1) is 24.0 Å². The Hall–Kier alpha value is -1.15. The van der Waals surface area contributed by atoms with Crippen molar-refractivity contribution in [2.75, 3.05) is 32.2 Å². The standard InChI is InChI=1S/C18H25N3OS.HI/c1-4-19-18(20-9-10-23-3)21-13-14-5-6-16-12-17(22-2)8-7-15(16)11-14;/h5-8,11-12H,4,9-10,13H2,1-3H3,(H2,19,20,21);1H. The van der Waals surface area contributed by atoms with Crippen LogP contribution in [0.3, 0.4) is 0 Å². The van der Waals surface area contributed by atoms with Crippen molar-refractivity contribution in [1.29, 1.82) is 0 Å². The fourth-order valence-electron chi connectivity index (χ4n) is 2.28. The summed E-state index contributed by atoms with van der Waals surface area (Å²) in [5, 5.41) is 9.01. The highest BCUT2D eigenvalue weighted by Crippen LogP contribution is 2.22. The molecule has 0 unspecified atom stereocenters. The Morgan fingerprint density at radius 1 is 1.12 bits per heavy atom. The summed E-state index contributed by atoms with van der Waals surface area (Å²) >= 11 is 1.83. The SMILES string of the molecule is CCNC(=NCc1ccc2cc(OC)ccc2c1)NCCSC.I. The first kappa shape index (κ1) is 20.9. The molecule has 0 spiro atoms. The molecule has 132 valence electrons. The number of nitrogens with one attached hydrogen (secondary N) is 2. The van der Waals surface area contributed by atoms with Crippen molar-refractivity contribution in [3.05, 3.63) is 42.0 Å². The van der Waals surface area contributed by atoms with E-state index in [0.29, 0.717) is 6.54 Å². The largest absolute Gasteiger partial charge is 0.497 e. The average molecular weight is 459 g/mol. The number of benzene rings is 2. The van der Waals surface area contributed by atoms with Crippen LogP contribution in [0.2, 0.25) is 0 Å². The summed E-state index contributed by atoms with van der Waals surface area (Å²) in [7, 11) is 1.69. The van der Waals surface area contributed by atoms with Crippen LogP contribution in [0.5, 0.6) is 5.75 Å². The number of halogens is 1. The maximum atomic E-state index is 5.27. The highest BCUT2D eigenvalue weighted by molar-refractivity contribution is 14.0. The van der Waals surface area contributed by atoms with Gasteiger partial charge in [-0.2, -0.15) is 11.8 Å². The van der Waals surface area contributed by atoms with E-state index < -0.39 is 0 Å². The second-order valence-corrected chi connectivity index (χ2v) is 6.15. The summed E-state index contributed by atoms with van der Waals surface area (Å²) in [5.74, 6) is 2.83. The van der Waals surface area contributed by atoms with Gasteiger partial charge < -0.3 is 15.4 Å². The molecule has 0 radical (unpaired) electrons. The number of hydrogen-bond donors (Lipinski definition) is 2. The zero-order chi connectivity index (χ0) is 16.5. The van der Waals surface area contributed by atoms with Crippen molar-refractivity contribution < 1.29 is 4.74 Å². The molecule has 0 saturated carbocycles. The number of hydrogen-bond acceptors (Lipinski definition) is 3. The fourth-order valence-corrected chi connectivity index (χ4v) is 2.59. The third kappa shape index (κ3) is 6.39. The minimum absolute atomic E-state index is 0. The van der Waals surface area contributed by atoms with Gasteiger partial charge in [0.25, 0.3) is 0 Å². The average Bonchev–Trinajstić information content (AvgIpc) is 2.59. The smallest absolute Gasteiger partial charge is 0.191 e. The molecular formula is C18H26IN3OS. The Morgan fingerprint density at radius 3 is 2.58 bits per heavy atom. The van der Waals surface area contributed by atoms with E-state index in [0.717, 1.165) is 30.6 Å². The Morgan fingerprint density at radius 2 is 1.88 bits per heavy atom. The van der Waals surface area contributed by atoms with Crippen LogP contribution < -0.4 is 15.4 Å². The number of ether oxygens (including phenoxy) is 1. The molecule has 4 nitrogen and oxygen atoms in total. The first-order valence-electron chi connectivity index (χ1n) is 7.84. The monoisotopic (exact) mass is 459 g/mol. The van der Waals surface area contributed by atoms with Crippen LogP contribution in [-0.2, 0) is 6.54 Å². The van der Waals surface area contributed by atoms with E-state index in [2.05, 4.69) is 59.1 Å². The lowest BCUT2D eigenvalue weighted by Crippen LogP contribution is -2.38. The van der Waals surface area contributed by atoms with Crippen LogP contribution in [0.15, 0.2) is 41.4 Å². The molecule has 0 atom stereocenters. The van der Waals surface area contributed by atoms with E-state index in [-0.39, 0.29) is 24.0 Å². The summed E-state index contributed by atoms with van der Waals surface area (Å²) in [5.41, 5.74) is 1.20. The lowest BCUT2D eigenvalue weighted by atomic mass is 10.1. The van der Waals surface area contributed by atoms with Crippen LogP contribution in [-0.4, -0.2) is 38.2 Å². The van der Waals surface area contributed by atoms with Gasteiger partial charge in [-0.25, -0.2) is 4.99 Å². The molecule has 0 amide bonds. The van der Waals surface area contributed by atoms with E-state index in [9.17, 15) is 0 Å². The predicted molar refractivity (Wildman–Crippen MR) is 117 cm³/mol. The Kier molecular flexibility index (Phi) is 9.94. The summed E-state index contributed by atoms with van der Waals surface area (Å²) < 4.78 is 5.27. The topological polar surface area (TPSA) is 45.7 Å². The molecule has 0 aliphatic carbocycles. The van der Waals surface area contributed by atoms with Crippen molar-refractivity contribution in [2.24, 2.45) is 4.99 Å². The molecule has 0 aromatic heterocycles. The third-order valence-corrected chi connectivity index (χ3v) is 4.09. The van der Waals surface area contributed by atoms with Gasteiger partial charge in [0, 0.05) is 18.8 Å². The van der Waals surface area contributed by atoms with E-state index >= 15 is 0 Å². The highest BCUT2D eigenvalue weighted by atomic mass is 127. The molecule has 0 saturated heterocycles. The van der Waals surface area contributed by atoms with Gasteiger partial charge in [0.05, 0.1) is 13.7 Å². The minimum Gasteiger partial charge on any atom is -0.497 e. The van der Waals surface area contributed by atoms with Crippen LogP contribution in [0, 0.1) is 0 Å². The van der Waals surface area contributed by atoms with E-state index in [1.807, 2.05) is 17.8 Å². The van der Waals surface area contributed by atoms with Crippen LogP contribution in [0.25, 0.3) is 10.8 Å². The van der Waals surface area contributed by atoms with Crippen molar-refractivity contribution >= 4 is 52.5 Å². The zero-order valence-corrected chi connectivity index (χ0v) is 17.6. The number of rotatable bonds is 7. The van der Waals surface area contributed by atoms with Gasteiger partial charge in [0.2, 0.25) is 0 Å². The lowest BCUT2D eigenvalue weighted by molar-refractivity contribution is 0.415. The molecule has 2 aromatic carbocycles. The number of guanidine groups is 1. The molecule has 0 aliphatic heterocycles. The highest BCUT2D eigenvalue weighted by Gasteiger charge is 2.00. The van der Waals surface area contributed by atoms with Crippen molar-refractivity contribution in [2.45, 2.75) is 13.5 Å². The third-order valence-electron chi connectivity index (χ3n) is 3.47. The molecule has 24 heavy (non-hydrogen) atoms. The molecule has 6 heteroatoms. The van der Waals surface area contributed by atoms with Crippen molar-refractivity contribution in [3.8, 4) is 5.75 Å². The van der Waals surface area contributed by atoms with Gasteiger partial charge in [-0.1, -0.05) is 18.2 Å². The Bertz CT molecular complexity index is 664. The van der Waals surface area contributed by atoms with E-state index in [1.165, 1.54) is 16.3 Å². The summed E-state index contributed by atoms with van der Waals surface area (Å²) in [6.45, 7) is 4.53. The number of aliphatic imine (C=N–C) groups is 1. The van der Waals surface area contributed by atoms with Gasteiger partial charge >= 0.3 is 0 Å². The normalized spacial score (nSPS) is 11.0. The zero-order valence-electron chi connectivity index (χ0n) is 14.5. The maximum absolute atomic E-state index is 5.27. The minimum atomic E-state index is 0. The van der Waals surface area contributed by atoms with Crippen LogP contribution in [0.1, 0.15) is 12.5 Å². The molecule has 0 fully saturated rings. The van der Waals surface area contributed by atoms with Crippen molar-refractivity contribution in [1.82, 2.24) is 10.6 Å². The van der Waals surface area contributed by atoms with Crippen molar-refractivity contribution in [3.63, 3.8) is 0 Å². The van der Waals surface area contributed by atoms with E-state index in [4.69, 9.17) is 4.74 Å². The molecule has 2 aromatic rings. The van der Waals surface area contributed by atoms with Gasteiger partial charge in [-0.05, 0) is 47.7 Å². The van der Waals surface area contributed by atoms with Crippen LogP contribution in [0.4, 0.5) is 0 Å². The van der Waals surface area contributed by atoms with Gasteiger partial charge in [0.15, 0.2) is 5.96 Å². The summed E-state index contributed by atoms with van der Waals surface area (Å²) in [4.78, 5) is 4.66. The second kappa shape index (κ2) is 11.4. The molecular weight excluding hydrogens is 433 g/mol. The molecule has 0 heterocycles. The number of fused-ring (bicyclic) bond motifs is 1. The summed E-state index contributed by atoms with van der Waals surface area (Å²) in [6.07, 6.45) is 2.11.